The van der Waals surface area contributed by atoms with Crippen molar-refractivity contribution in [3.63, 3.8) is 0 Å². The zero-order valence-corrected chi connectivity index (χ0v) is 12.0. The molecule has 0 fully saturated rings. The second-order valence-corrected chi connectivity index (χ2v) is 5.05. The van der Waals surface area contributed by atoms with Crippen LogP contribution < -0.4 is 5.32 Å². The highest BCUT2D eigenvalue weighted by Gasteiger charge is 2.10. The number of aromatic nitrogens is 1. The zero-order valence-electron chi connectivity index (χ0n) is 12.0. The van der Waals surface area contributed by atoms with E-state index in [1.165, 1.54) is 11.1 Å². The van der Waals surface area contributed by atoms with Crippen LogP contribution in [0.2, 0.25) is 0 Å². The summed E-state index contributed by atoms with van der Waals surface area (Å²) < 4.78 is 0. The van der Waals surface area contributed by atoms with Gasteiger partial charge in [0.2, 0.25) is 0 Å². The largest absolute Gasteiger partial charge is 0.361 e. The first-order valence-electron chi connectivity index (χ1n) is 7.20. The number of H-pyrrole nitrogens is 1. The molecule has 21 heavy (non-hydrogen) atoms. The Labute approximate surface area is 124 Å². The molecule has 0 saturated heterocycles. The highest BCUT2D eigenvalue weighted by molar-refractivity contribution is 6.05. The van der Waals surface area contributed by atoms with Crippen molar-refractivity contribution in [1.82, 2.24) is 10.3 Å². The Morgan fingerprint density at radius 1 is 1.05 bits per heavy atom. The first kappa shape index (κ1) is 13.4. The molecule has 3 nitrogen and oxygen atoms in total. The molecule has 0 aliphatic rings. The number of benzene rings is 2. The highest BCUT2D eigenvalue weighted by Crippen LogP contribution is 2.17. The lowest BCUT2D eigenvalue weighted by atomic mass is 10.1. The molecule has 0 atom stereocenters. The normalized spacial score (nSPS) is 10.7. The summed E-state index contributed by atoms with van der Waals surface area (Å²) in [5.41, 5.74) is 4.02. The Morgan fingerprint density at radius 2 is 1.86 bits per heavy atom. The molecule has 1 amide bonds. The molecule has 3 aromatic rings. The number of hydrogen-bond donors (Lipinski definition) is 2. The lowest BCUT2D eigenvalue weighted by Gasteiger charge is -2.10. The van der Waals surface area contributed by atoms with Gasteiger partial charge in [-0.2, -0.15) is 0 Å². The number of aromatic amines is 1. The molecule has 0 radical (unpaired) electrons. The van der Waals surface area contributed by atoms with Gasteiger partial charge in [0, 0.05) is 18.1 Å². The van der Waals surface area contributed by atoms with Gasteiger partial charge < -0.3 is 10.3 Å². The number of hydrogen-bond acceptors (Lipinski definition) is 1. The molecule has 0 aliphatic heterocycles. The minimum absolute atomic E-state index is 0.0473. The minimum Gasteiger partial charge on any atom is -0.361 e. The van der Waals surface area contributed by atoms with E-state index in [1.54, 1.807) is 0 Å². The molecule has 1 aromatic heterocycles. The molecule has 0 unspecified atom stereocenters. The van der Waals surface area contributed by atoms with Gasteiger partial charge in [-0.1, -0.05) is 43.3 Å². The Morgan fingerprint density at radius 3 is 2.67 bits per heavy atom. The Balaban J connectivity index is 1.79. The van der Waals surface area contributed by atoms with E-state index in [4.69, 9.17) is 0 Å². The monoisotopic (exact) mass is 278 g/mol. The molecule has 106 valence electrons. The van der Waals surface area contributed by atoms with E-state index in [9.17, 15) is 4.79 Å². The van der Waals surface area contributed by atoms with Crippen LogP contribution in [0.5, 0.6) is 0 Å². The van der Waals surface area contributed by atoms with Crippen molar-refractivity contribution < 1.29 is 4.79 Å². The molecule has 0 spiro atoms. The average molecular weight is 278 g/mol. The van der Waals surface area contributed by atoms with Crippen molar-refractivity contribution >= 4 is 16.8 Å². The Bertz CT molecular complexity index is 773. The molecular formula is C18H18N2O. The minimum atomic E-state index is -0.0473. The number of amides is 1. The number of para-hydroxylation sites is 1. The van der Waals surface area contributed by atoms with Gasteiger partial charge in [0.05, 0.1) is 11.1 Å². The SMILES string of the molecule is CCc1ccccc1CNC(=O)c1cccc2cc[nH]c12. The number of fused-ring (bicyclic) bond motifs is 1. The van der Waals surface area contributed by atoms with Crippen LogP contribution in [0.1, 0.15) is 28.4 Å². The average Bonchev–Trinajstić information content (AvgIpc) is 3.01. The van der Waals surface area contributed by atoms with Crippen LogP contribution in [0.15, 0.2) is 54.7 Å². The highest BCUT2D eigenvalue weighted by atomic mass is 16.1. The third-order valence-electron chi connectivity index (χ3n) is 3.77. The first-order chi connectivity index (χ1) is 10.3. The zero-order chi connectivity index (χ0) is 14.7. The molecule has 2 aromatic carbocycles. The van der Waals surface area contributed by atoms with E-state index < -0.39 is 0 Å². The molecular weight excluding hydrogens is 260 g/mol. The summed E-state index contributed by atoms with van der Waals surface area (Å²) in [7, 11) is 0. The van der Waals surface area contributed by atoms with E-state index in [1.807, 2.05) is 42.6 Å². The summed E-state index contributed by atoms with van der Waals surface area (Å²) in [5, 5.41) is 4.07. The first-order valence-corrected chi connectivity index (χ1v) is 7.20. The maximum absolute atomic E-state index is 12.4. The van der Waals surface area contributed by atoms with Gasteiger partial charge in [-0.25, -0.2) is 0 Å². The van der Waals surface area contributed by atoms with Crippen molar-refractivity contribution in [2.75, 3.05) is 0 Å². The maximum atomic E-state index is 12.4. The van der Waals surface area contributed by atoms with Crippen LogP contribution >= 0.6 is 0 Å². The fourth-order valence-electron chi connectivity index (χ4n) is 2.62. The lowest BCUT2D eigenvalue weighted by molar-refractivity contribution is 0.0952. The van der Waals surface area contributed by atoms with Crippen LogP contribution in [0.3, 0.4) is 0 Å². The van der Waals surface area contributed by atoms with Gasteiger partial charge in [-0.15, -0.1) is 0 Å². The van der Waals surface area contributed by atoms with E-state index >= 15 is 0 Å². The van der Waals surface area contributed by atoms with Crippen molar-refractivity contribution in [1.29, 1.82) is 0 Å². The summed E-state index contributed by atoms with van der Waals surface area (Å²) in [5.74, 6) is -0.0473. The van der Waals surface area contributed by atoms with E-state index in [0.717, 1.165) is 17.3 Å². The van der Waals surface area contributed by atoms with Gasteiger partial charge in [0.15, 0.2) is 0 Å². The van der Waals surface area contributed by atoms with Gasteiger partial charge in [-0.05, 0) is 29.7 Å². The summed E-state index contributed by atoms with van der Waals surface area (Å²) in [6, 6.07) is 15.9. The van der Waals surface area contributed by atoms with E-state index in [2.05, 4.69) is 29.4 Å². The van der Waals surface area contributed by atoms with Gasteiger partial charge in [0.25, 0.3) is 5.91 Å². The summed E-state index contributed by atoms with van der Waals surface area (Å²) in [6.07, 6.45) is 2.83. The molecule has 0 bridgehead atoms. The standard InChI is InChI=1S/C18H18N2O/c1-2-13-6-3-4-7-15(13)12-20-18(21)16-9-5-8-14-10-11-19-17(14)16/h3-11,19H,2,12H2,1H3,(H,20,21). The number of carbonyl (C=O) groups excluding carboxylic acids is 1. The third-order valence-corrected chi connectivity index (χ3v) is 3.77. The molecule has 3 heteroatoms. The molecule has 1 heterocycles. The smallest absolute Gasteiger partial charge is 0.253 e. The van der Waals surface area contributed by atoms with Crippen LogP contribution in [-0.4, -0.2) is 10.9 Å². The van der Waals surface area contributed by atoms with Crippen LogP contribution in [-0.2, 0) is 13.0 Å². The topological polar surface area (TPSA) is 44.9 Å². The predicted molar refractivity (Wildman–Crippen MR) is 85.3 cm³/mol. The fourth-order valence-corrected chi connectivity index (χ4v) is 2.62. The predicted octanol–water partition coefficient (Wildman–Crippen LogP) is 3.66. The van der Waals surface area contributed by atoms with Crippen LogP contribution in [0.4, 0.5) is 0 Å². The Kier molecular flexibility index (Phi) is 3.73. The summed E-state index contributed by atoms with van der Waals surface area (Å²) in [6.45, 7) is 2.68. The molecule has 0 aliphatic carbocycles. The molecule has 0 saturated carbocycles. The van der Waals surface area contributed by atoms with Crippen LogP contribution in [0, 0.1) is 0 Å². The fraction of sp³-hybridized carbons (Fsp3) is 0.167. The van der Waals surface area contributed by atoms with Gasteiger partial charge in [0.1, 0.15) is 0 Å². The van der Waals surface area contributed by atoms with Crippen molar-refractivity contribution in [2.45, 2.75) is 19.9 Å². The third kappa shape index (κ3) is 2.68. The quantitative estimate of drug-likeness (QED) is 0.751. The van der Waals surface area contributed by atoms with Gasteiger partial charge in [-0.3, -0.25) is 4.79 Å². The van der Waals surface area contributed by atoms with E-state index in [0.29, 0.717) is 12.1 Å². The molecule has 3 rings (SSSR count). The van der Waals surface area contributed by atoms with Crippen molar-refractivity contribution in [2.24, 2.45) is 0 Å². The summed E-state index contributed by atoms with van der Waals surface area (Å²) in [4.78, 5) is 15.5. The molecule has 2 N–H and O–H groups in total. The van der Waals surface area contributed by atoms with Gasteiger partial charge >= 0.3 is 0 Å². The number of nitrogens with one attached hydrogen (secondary N) is 2. The summed E-state index contributed by atoms with van der Waals surface area (Å²) >= 11 is 0. The second kappa shape index (κ2) is 5.83. The second-order valence-electron chi connectivity index (χ2n) is 5.05. The number of aryl methyl sites for hydroxylation is 1. The van der Waals surface area contributed by atoms with Crippen molar-refractivity contribution in [3.05, 3.63) is 71.4 Å². The Hall–Kier alpha value is -2.55. The van der Waals surface area contributed by atoms with Crippen LogP contribution in [0.25, 0.3) is 10.9 Å². The van der Waals surface area contributed by atoms with E-state index in [-0.39, 0.29) is 5.91 Å². The number of carbonyl (C=O) groups is 1. The maximum Gasteiger partial charge on any atom is 0.253 e. The van der Waals surface area contributed by atoms with Crippen molar-refractivity contribution in [3.8, 4) is 0 Å². The lowest BCUT2D eigenvalue weighted by Crippen LogP contribution is -2.23. The number of rotatable bonds is 4.